The summed E-state index contributed by atoms with van der Waals surface area (Å²) in [5.41, 5.74) is 3.05. The second-order valence-electron chi connectivity index (χ2n) is 8.19. The molecule has 1 fully saturated rings. The number of hydrogen-bond donors (Lipinski definition) is 1. The molecule has 1 aliphatic heterocycles. The molecule has 0 aliphatic carbocycles. The van der Waals surface area contributed by atoms with Gasteiger partial charge in [0.1, 0.15) is 5.75 Å². The minimum Gasteiger partial charge on any atom is -0.497 e. The van der Waals surface area contributed by atoms with E-state index in [0.29, 0.717) is 12.0 Å². The summed E-state index contributed by atoms with van der Waals surface area (Å²) in [7, 11) is 3.97. The van der Waals surface area contributed by atoms with Crippen molar-refractivity contribution in [2.45, 2.75) is 44.7 Å². The van der Waals surface area contributed by atoms with Crippen LogP contribution in [0.25, 0.3) is 0 Å². The van der Waals surface area contributed by atoms with Crippen molar-refractivity contribution in [3.05, 3.63) is 65.7 Å². The molecule has 3 nitrogen and oxygen atoms in total. The zero-order valence-corrected chi connectivity index (χ0v) is 17.2. The van der Waals surface area contributed by atoms with Gasteiger partial charge in [-0.25, -0.2) is 0 Å². The Morgan fingerprint density at radius 2 is 1.78 bits per heavy atom. The molecule has 27 heavy (non-hydrogen) atoms. The first-order valence-electron chi connectivity index (χ1n) is 10.1. The number of benzene rings is 2. The molecule has 3 heteroatoms. The molecule has 3 atom stereocenters. The van der Waals surface area contributed by atoms with Crippen molar-refractivity contribution in [3.63, 3.8) is 0 Å². The molecule has 0 saturated carbocycles. The van der Waals surface area contributed by atoms with Gasteiger partial charge >= 0.3 is 0 Å². The first kappa shape index (κ1) is 19.9. The Morgan fingerprint density at radius 1 is 1.07 bits per heavy atom. The summed E-state index contributed by atoms with van der Waals surface area (Å²) in [5, 5.41) is 3.67. The molecule has 2 aromatic carbocycles. The van der Waals surface area contributed by atoms with Crippen molar-refractivity contribution in [3.8, 4) is 5.75 Å². The SMILES string of the molecule is COc1ccc(CNCC[C@]2(c3ccccc3)C[C@H](C)N(C)C[C@H]2C)cc1. The Balaban J connectivity index is 1.67. The van der Waals surface area contributed by atoms with Gasteiger partial charge in [0, 0.05) is 24.5 Å². The Kier molecular flexibility index (Phi) is 6.56. The number of piperidine rings is 1. The molecule has 1 heterocycles. The largest absolute Gasteiger partial charge is 0.497 e. The molecule has 0 radical (unpaired) electrons. The van der Waals surface area contributed by atoms with Gasteiger partial charge in [0.15, 0.2) is 0 Å². The zero-order chi connectivity index (χ0) is 19.3. The molecule has 1 N–H and O–H groups in total. The summed E-state index contributed by atoms with van der Waals surface area (Å²) in [5.74, 6) is 1.56. The predicted octanol–water partition coefficient (Wildman–Crippen LogP) is 4.47. The summed E-state index contributed by atoms with van der Waals surface area (Å²) in [4.78, 5) is 2.51. The lowest BCUT2D eigenvalue weighted by molar-refractivity contribution is 0.0689. The average Bonchev–Trinajstić information content (AvgIpc) is 2.70. The standard InChI is InChI=1S/C24H34N2O/c1-19-18-26(3)20(2)16-24(19,22-8-6-5-7-9-22)14-15-25-17-21-10-12-23(27-4)13-11-21/h5-13,19-20,25H,14-18H2,1-4H3/t19-,20+,24+/m1/s1. The predicted molar refractivity (Wildman–Crippen MR) is 113 cm³/mol. The summed E-state index contributed by atoms with van der Waals surface area (Å²) in [6, 6.07) is 20.1. The van der Waals surface area contributed by atoms with E-state index in [1.54, 1.807) is 7.11 Å². The minimum absolute atomic E-state index is 0.250. The van der Waals surface area contributed by atoms with Crippen molar-refractivity contribution in [1.29, 1.82) is 0 Å². The Morgan fingerprint density at radius 3 is 2.44 bits per heavy atom. The van der Waals surface area contributed by atoms with Crippen LogP contribution in [0.15, 0.2) is 54.6 Å². The lowest BCUT2D eigenvalue weighted by Gasteiger charge is -2.50. The second-order valence-corrected chi connectivity index (χ2v) is 8.19. The lowest BCUT2D eigenvalue weighted by atomic mass is 9.63. The average molecular weight is 367 g/mol. The molecular formula is C24H34N2O. The van der Waals surface area contributed by atoms with Crippen LogP contribution in [0, 0.1) is 5.92 Å². The fourth-order valence-corrected chi connectivity index (χ4v) is 4.62. The van der Waals surface area contributed by atoms with Crippen LogP contribution in [-0.2, 0) is 12.0 Å². The molecule has 0 unspecified atom stereocenters. The highest BCUT2D eigenvalue weighted by Crippen LogP contribution is 2.44. The number of likely N-dealkylation sites (tertiary alicyclic amines) is 1. The van der Waals surface area contributed by atoms with Crippen LogP contribution in [0.1, 0.15) is 37.8 Å². The van der Waals surface area contributed by atoms with Crippen LogP contribution in [-0.4, -0.2) is 38.2 Å². The monoisotopic (exact) mass is 366 g/mol. The van der Waals surface area contributed by atoms with E-state index < -0.39 is 0 Å². The van der Waals surface area contributed by atoms with Crippen LogP contribution < -0.4 is 10.1 Å². The third-order valence-corrected chi connectivity index (χ3v) is 6.50. The molecular weight excluding hydrogens is 332 g/mol. The number of ether oxygens (including phenoxy) is 1. The van der Waals surface area contributed by atoms with E-state index in [1.807, 2.05) is 12.1 Å². The third-order valence-electron chi connectivity index (χ3n) is 6.50. The van der Waals surface area contributed by atoms with Crippen molar-refractivity contribution in [2.75, 3.05) is 27.2 Å². The van der Waals surface area contributed by atoms with Crippen LogP contribution in [0.4, 0.5) is 0 Å². The summed E-state index contributed by atoms with van der Waals surface area (Å²) in [6.45, 7) is 7.89. The highest BCUT2D eigenvalue weighted by Gasteiger charge is 2.43. The van der Waals surface area contributed by atoms with Crippen LogP contribution in [0.5, 0.6) is 5.75 Å². The van der Waals surface area contributed by atoms with E-state index >= 15 is 0 Å². The lowest BCUT2D eigenvalue weighted by Crippen LogP contribution is -2.52. The maximum atomic E-state index is 5.24. The number of methoxy groups -OCH3 is 1. The van der Waals surface area contributed by atoms with Crippen LogP contribution in [0.3, 0.4) is 0 Å². The van der Waals surface area contributed by atoms with E-state index in [9.17, 15) is 0 Å². The van der Waals surface area contributed by atoms with E-state index in [0.717, 1.165) is 25.4 Å². The van der Waals surface area contributed by atoms with Gasteiger partial charge < -0.3 is 15.0 Å². The van der Waals surface area contributed by atoms with Gasteiger partial charge in [0.25, 0.3) is 0 Å². The first-order valence-corrected chi connectivity index (χ1v) is 10.1. The van der Waals surface area contributed by atoms with E-state index in [2.05, 4.69) is 73.6 Å². The Hall–Kier alpha value is -1.84. The molecule has 2 aromatic rings. The van der Waals surface area contributed by atoms with E-state index in [1.165, 1.54) is 24.0 Å². The molecule has 0 amide bonds. The van der Waals surface area contributed by atoms with Gasteiger partial charge in [-0.1, -0.05) is 49.4 Å². The third kappa shape index (κ3) is 4.53. The normalized spacial score (nSPS) is 26.1. The first-order chi connectivity index (χ1) is 13.0. The van der Waals surface area contributed by atoms with Crippen LogP contribution in [0.2, 0.25) is 0 Å². The van der Waals surface area contributed by atoms with Crippen molar-refractivity contribution in [1.82, 2.24) is 10.2 Å². The van der Waals surface area contributed by atoms with E-state index in [4.69, 9.17) is 4.74 Å². The smallest absolute Gasteiger partial charge is 0.118 e. The molecule has 3 rings (SSSR count). The topological polar surface area (TPSA) is 24.5 Å². The van der Waals surface area contributed by atoms with Crippen molar-refractivity contribution < 1.29 is 4.74 Å². The second kappa shape index (κ2) is 8.90. The molecule has 1 aliphatic rings. The summed E-state index contributed by atoms with van der Waals surface area (Å²) >= 11 is 0. The van der Waals surface area contributed by atoms with E-state index in [-0.39, 0.29) is 5.41 Å². The number of hydrogen-bond acceptors (Lipinski definition) is 3. The quantitative estimate of drug-likeness (QED) is 0.732. The van der Waals surface area contributed by atoms with Gasteiger partial charge in [-0.2, -0.15) is 0 Å². The van der Waals surface area contributed by atoms with Gasteiger partial charge in [-0.3, -0.25) is 0 Å². The molecule has 0 spiro atoms. The van der Waals surface area contributed by atoms with Gasteiger partial charge in [-0.05, 0) is 62.5 Å². The fourth-order valence-electron chi connectivity index (χ4n) is 4.62. The van der Waals surface area contributed by atoms with Gasteiger partial charge in [0.05, 0.1) is 7.11 Å². The molecule has 0 aromatic heterocycles. The van der Waals surface area contributed by atoms with Crippen molar-refractivity contribution in [2.24, 2.45) is 5.92 Å². The maximum Gasteiger partial charge on any atom is 0.118 e. The number of nitrogens with zero attached hydrogens (tertiary/aromatic N) is 1. The van der Waals surface area contributed by atoms with Gasteiger partial charge in [-0.15, -0.1) is 0 Å². The molecule has 0 bridgehead atoms. The zero-order valence-electron chi connectivity index (χ0n) is 17.2. The Bertz CT molecular complexity index is 700. The van der Waals surface area contributed by atoms with Gasteiger partial charge in [0.2, 0.25) is 0 Å². The summed E-state index contributed by atoms with van der Waals surface area (Å²) < 4.78 is 5.24. The molecule has 146 valence electrons. The Labute approximate surface area is 164 Å². The number of nitrogens with one attached hydrogen (secondary N) is 1. The summed E-state index contributed by atoms with van der Waals surface area (Å²) in [6.07, 6.45) is 2.39. The maximum absolute atomic E-state index is 5.24. The van der Waals surface area contributed by atoms with Crippen molar-refractivity contribution >= 4 is 0 Å². The minimum atomic E-state index is 0.250. The molecule has 1 saturated heterocycles. The van der Waals surface area contributed by atoms with Crippen LogP contribution >= 0.6 is 0 Å². The fraction of sp³-hybridized carbons (Fsp3) is 0.500. The number of rotatable bonds is 7. The highest BCUT2D eigenvalue weighted by molar-refractivity contribution is 5.29. The highest BCUT2D eigenvalue weighted by atomic mass is 16.5.